The minimum Gasteiger partial charge on any atom is -0.503 e. The van der Waals surface area contributed by atoms with Crippen LogP contribution in [0.2, 0.25) is 0 Å². The Kier molecular flexibility index (Phi) is 4.16. The lowest BCUT2D eigenvalue weighted by molar-refractivity contribution is -0.113. The van der Waals surface area contributed by atoms with E-state index in [0.29, 0.717) is 29.0 Å². The van der Waals surface area contributed by atoms with Gasteiger partial charge in [-0.25, -0.2) is 4.99 Å². The number of phenols is 1. The Morgan fingerprint density at radius 2 is 2.26 bits per heavy atom. The Labute approximate surface area is 123 Å². The van der Waals surface area contributed by atoms with Crippen LogP contribution in [0.5, 0.6) is 11.5 Å². The molecule has 2 N–H and O–H groups in total. The first kappa shape index (κ1) is 14.0. The highest BCUT2D eigenvalue weighted by molar-refractivity contribution is 9.10. The van der Waals surface area contributed by atoms with E-state index in [1.54, 1.807) is 12.1 Å². The monoisotopic (exact) mass is 342 g/mol. The molecule has 1 aromatic rings. The van der Waals surface area contributed by atoms with E-state index in [4.69, 9.17) is 17.0 Å². The summed E-state index contributed by atoms with van der Waals surface area (Å²) in [6, 6.07) is 3.40. The molecule has 0 bridgehead atoms. The number of halogens is 1. The number of rotatable bonds is 4. The van der Waals surface area contributed by atoms with Crippen LogP contribution in [0.1, 0.15) is 12.5 Å². The van der Waals surface area contributed by atoms with Crippen molar-refractivity contribution in [2.45, 2.75) is 13.3 Å². The van der Waals surface area contributed by atoms with Crippen LogP contribution >= 0.6 is 28.1 Å². The molecule has 19 heavy (non-hydrogen) atoms. The summed E-state index contributed by atoms with van der Waals surface area (Å²) in [5.74, 6) is 0.125. The molecule has 0 saturated carbocycles. The molecule has 0 radical (unpaired) electrons. The average molecular weight is 343 g/mol. The van der Waals surface area contributed by atoms with Crippen LogP contribution in [-0.4, -0.2) is 28.4 Å². The molecular weight excluding hydrogens is 332 g/mol. The predicted molar refractivity (Wildman–Crippen MR) is 78.9 cm³/mol. The Bertz CT molecular complexity index is 587. The number of carbonyl (C=O) groups excluding carboxylic acids is 1. The van der Waals surface area contributed by atoms with Gasteiger partial charge in [0.05, 0.1) is 11.1 Å². The van der Waals surface area contributed by atoms with Crippen molar-refractivity contribution in [3.8, 4) is 11.5 Å². The van der Waals surface area contributed by atoms with Crippen molar-refractivity contribution < 1.29 is 14.6 Å². The lowest BCUT2D eigenvalue weighted by atomic mass is 10.1. The Balaban J connectivity index is 2.28. The van der Waals surface area contributed by atoms with Gasteiger partial charge in [-0.05, 0) is 52.8 Å². The van der Waals surface area contributed by atoms with Crippen molar-refractivity contribution in [1.29, 1.82) is 0 Å². The van der Waals surface area contributed by atoms with E-state index >= 15 is 0 Å². The number of thiocarbonyl (C=S) groups is 1. The van der Waals surface area contributed by atoms with Gasteiger partial charge >= 0.3 is 0 Å². The summed E-state index contributed by atoms with van der Waals surface area (Å²) in [5.41, 5.74) is 1.15. The lowest BCUT2D eigenvalue weighted by Crippen LogP contribution is -2.26. The zero-order valence-corrected chi connectivity index (χ0v) is 12.5. The predicted octanol–water partition coefficient (Wildman–Crippen LogP) is 1.95. The molecule has 1 heterocycles. The van der Waals surface area contributed by atoms with E-state index in [1.807, 2.05) is 6.92 Å². The fourth-order valence-electron chi connectivity index (χ4n) is 1.68. The molecule has 0 unspecified atom stereocenters. The number of aliphatic imine (C=N–C) groups is 1. The summed E-state index contributed by atoms with van der Waals surface area (Å²) in [6.45, 7) is 2.27. The number of benzene rings is 1. The number of phenolic OH excluding ortho intramolecular Hbond substituents is 1. The summed E-state index contributed by atoms with van der Waals surface area (Å²) in [4.78, 5) is 15.5. The third kappa shape index (κ3) is 3.10. The molecule has 1 amide bonds. The molecule has 0 aromatic heterocycles. The van der Waals surface area contributed by atoms with Crippen LogP contribution in [0.3, 0.4) is 0 Å². The topological polar surface area (TPSA) is 70.9 Å². The maximum absolute atomic E-state index is 11.5. The zero-order chi connectivity index (χ0) is 14.0. The highest BCUT2D eigenvalue weighted by atomic mass is 79.9. The van der Waals surface area contributed by atoms with Crippen molar-refractivity contribution in [1.82, 2.24) is 5.32 Å². The van der Waals surface area contributed by atoms with Crippen molar-refractivity contribution in [2.24, 2.45) is 4.99 Å². The summed E-state index contributed by atoms with van der Waals surface area (Å²) < 4.78 is 5.83. The number of amides is 1. The molecule has 0 aliphatic carbocycles. The fourth-order valence-corrected chi connectivity index (χ4v) is 2.37. The SMILES string of the molecule is CCOc1cc(CC2=NC(=S)NC2=O)cc(Br)c1O. The average Bonchev–Trinajstić information content (AvgIpc) is 2.64. The number of aromatic hydroxyl groups is 1. The van der Waals surface area contributed by atoms with Crippen LogP contribution in [0, 0.1) is 0 Å². The van der Waals surface area contributed by atoms with E-state index in [0.717, 1.165) is 5.56 Å². The standard InChI is InChI=1S/C12H11BrN2O3S/c1-2-18-9-5-6(3-7(13)10(9)16)4-8-11(17)15-12(19)14-8/h3,5,16H,2,4H2,1H3,(H,15,17,19). The van der Waals surface area contributed by atoms with Gasteiger partial charge in [-0.15, -0.1) is 0 Å². The van der Waals surface area contributed by atoms with Crippen LogP contribution in [0.15, 0.2) is 21.6 Å². The summed E-state index contributed by atoms with van der Waals surface area (Å²) in [7, 11) is 0. The first-order chi connectivity index (χ1) is 9.01. The maximum atomic E-state index is 11.5. The van der Waals surface area contributed by atoms with Crippen LogP contribution in [0.4, 0.5) is 0 Å². The summed E-state index contributed by atoms with van der Waals surface area (Å²) in [5, 5.41) is 12.4. The smallest absolute Gasteiger partial charge is 0.272 e. The first-order valence-corrected chi connectivity index (χ1v) is 6.78. The fraction of sp³-hybridized carbons (Fsp3) is 0.250. The number of carbonyl (C=O) groups is 1. The Morgan fingerprint density at radius 1 is 1.53 bits per heavy atom. The normalized spacial score (nSPS) is 14.3. The van der Waals surface area contributed by atoms with Crippen molar-refractivity contribution >= 4 is 44.9 Å². The van der Waals surface area contributed by atoms with Crippen LogP contribution in [-0.2, 0) is 11.2 Å². The third-order valence-corrected chi connectivity index (χ3v) is 3.28. The van der Waals surface area contributed by atoms with Gasteiger partial charge in [0.25, 0.3) is 5.91 Å². The number of hydrogen-bond acceptors (Lipinski definition) is 4. The van der Waals surface area contributed by atoms with E-state index in [9.17, 15) is 9.90 Å². The summed E-state index contributed by atoms with van der Waals surface area (Å²) in [6.07, 6.45) is 0.324. The van der Waals surface area contributed by atoms with Gasteiger partial charge in [-0.2, -0.15) is 0 Å². The molecule has 7 heteroatoms. The van der Waals surface area contributed by atoms with Crippen molar-refractivity contribution in [3.05, 3.63) is 22.2 Å². The molecule has 100 valence electrons. The molecule has 2 rings (SSSR count). The van der Waals surface area contributed by atoms with E-state index < -0.39 is 0 Å². The van der Waals surface area contributed by atoms with Crippen molar-refractivity contribution in [2.75, 3.05) is 6.61 Å². The minimum atomic E-state index is -0.285. The zero-order valence-electron chi connectivity index (χ0n) is 10.1. The minimum absolute atomic E-state index is 0.0407. The molecule has 1 aliphatic rings. The molecular formula is C12H11BrN2O3S. The van der Waals surface area contributed by atoms with Gasteiger partial charge in [-0.1, -0.05) is 0 Å². The lowest BCUT2D eigenvalue weighted by Gasteiger charge is -2.10. The van der Waals surface area contributed by atoms with Gasteiger partial charge in [-0.3, -0.25) is 10.1 Å². The molecule has 0 saturated heterocycles. The van der Waals surface area contributed by atoms with Gasteiger partial charge in [0, 0.05) is 6.42 Å². The highest BCUT2D eigenvalue weighted by Crippen LogP contribution is 2.35. The van der Waals surface area contributed by atoms with Crippen molar-refractivity contribution in [3.63, 3.8) is 0 Å². The van der Waals surface area contributed by atoms with Crippen LogP contribution < -0.4 is 10.1 Å². The second-order valence-corrected chi connectivity index (χ2v) is 5.09. The molecule has 1 aromatic carbocycles. The van der Waals surface area contributed by atoms with E-state index in [2.05, 4.69) is 26.2 Å². The van der Waals surface area contributed by atoms with Gasteiger partial charge in [0.15, 0.2) is 16.6 Å². The molecule has 1 aliphatic heterocycles. The Morgan fingerprint density at radius 3 is 2.84 bits per heavy atom. The second-order valence-electron chi connectivity index (χ2n) is 3.85. The van der Waals surface area contributed by atoms with Gasteiger partial charge in [0.1, 0.15) is 5.71 Å². The van der Waals surface area contributed by atoms with E-state index in [-0.39, 0.29) is 16.8 Å². The Hall–Kier alpha value is -1.47. The quantitative estimate of drug-likeness (QED) is 0.820. The van der Waals surface area contributed by atoms with Gasteiger partial charge in [0.2, 0.25) is 0 Å². The van der Waals surface area contributed by atoms with Crippen LogP contribution in [0.25, 0.3) is 0 Å². The maximum Gasteiger partial charge on any atom is 0.272 e. The number of hydrogen-bond donors (Lipinski definition) is 2. The van der Waals surface area contributed by atoms with E-state index in [1.165, 1.54) is 0 Å². The number of nitrogens with zero attached hydrogens (tertiary/aromatic N) is 1. The molecule has 0 fully saturated rings. The first-order valence-electron chi connectivity index (χ1n) is 5.58. The number of nitrogens with one attached hydrogen (secondary N) is 1. The third-order valence-electron chi connectivity index (χ3n) is 2.48. The largest absolute Gasteiger partial charge is 0.503 e. The second kappa shape index (κ2) is 5.66. The molecule has 0 spiro atoms. The van der Waals surface area contributed by atoms with Gasteiger partial charge < -0.3 is 9.84 Å². The highest BCUT2D eigenvalue weighted by Gasteiger charge is 2.21. The number of ether oxygens (including phenoxy) is 1. The molecule has 5 nitrogen and oxygen atoms in total. The summed E-state index contributed by atoms with van der Waals surface area (Å²) >= 11 is 8.06. The molecule has 0 atom stereocenters.